The summed E-state index contributed by atoms with van der Waals surface area (Å²) in [7, 11) is 0.974. The van der Waals surface area contributed by atoms with Crippen LogP contribution in [0.15, 0.2) is 30.7 Å². The first-order chi connectivity index (χ1) is 16.8. The van der Waals surface area contributed by atoms with Gasteiger partial charge in [0.2, 0.25) is 5.95 Å². The number of hydrogen-bond acceptors (Lipinski definition) is 7. The summed E-state index contributed by atoms with van der Waals surface area (Å²) in [5.74, 6) is -1.91. The Bertz CT molecular complexity index is 1190. The molecule has 1 atom stereocenters. The summed E-state index contributed by atoms with van der Waals surface area (Å²) in [6, 6.07) is 3.45. The smallest absolute Gasteiger partial charge is 0.471 e. The fourth-order valence-electron chi connectivity index (χ4n) is 3.47. The monoisotopic (exact) mass is 491 g/mol. The second-order valence-electron chi connectivity index (χ2n) is 7.81. The summed E-state index contributed by atoms with van der Waals surface area (Å²) in [5.41, 5.74) is 1.32. The van der Waals surface area contributed by atoms with Gasteiger partial charge in [-0.05, 0) is 43.0 Å². The summed E-state index contributed by atoms with van der Waals surface area (Å²) in [5, 5.41) is 0.584. The maximum Gasteiger partial charge on any atom is 0.471 e. The van der Waals surface area contributed by atoms with Gasteiger partial charge in [0.05, 0.1) is 18.5 Å². The van der Waals surface area contributed by atoms with E-state index in [9.17, 15) is 18.0 Å². The Hall–Kier alpha value is -3.51. The van der Waals surface area contributed by atoms with Gasteiger partial charge in [-0.1, -0.05) is 6.08 Å². The number of amides is 1. The van der Waals surface area contributed by atoms with Gasteiger partial charge >= 0.3 is 12.1 Å². The normalized spacial score (nSPS) is 16.6. The highest BCUT2D eigenvalue weighted by Gasteiger charge is 2.42. The molecular formula is C23H24F3N5O4. The summed E-state index contributed by atoms with van der Waals surface area (Å²) < 4.78 is 55.4. The van der Waals surface area contributed by atoms with Crippen LogP contribution in [0, 0.1) is 0 Å². The molecule has 4 rings (SSSR count). The van der Waals surface area contributed by atoms with Crippen LogP contribution in [0.4, 0.5) is 19.1 Å². The molecule has 1 aliphatic rings. The van der Waals surface area contributed by atoms with E-state index in [1.807, 2.05) is 0 Å². The molecule has 0 bridgehead atoms. The van der Waals surface area contributed by atoms with E-state index < -0.39 is 12.1 Å². The number of nitrogens with zero attached hydrogens (tertiary/aromatic N) is 4. The lowest BCUT2D eigenvalue weighted by Crippen LogP contribution is -2.39. The lowest BCUT2D eigenvalue weighted by atomic mass is 10.2. The molecule has 0 saturated carbocycles. The lowest BCUT2D eigenvalue weighted by molar-refractivity contribution is -0.170. The Morgan fingerprint density at radius 3 is 2.89 bits per heavy atom. The van der Waals surface area contributed by atoms with Gasteiger partial charge in [0.25, 0.3) is 0 Å². The van der Waals surface area contributed by atoms with Gasteiger partial charge in [0.1, 0.15) is 18.0 Å². The van der Waals surface area contributed by atoms with Crippen LogP contribution >= 0.6 is 0 Å². The Labute approximate surface area is 198 Å². The third-order valence-corrected chi connectivity index (χ3v) is 5.24. The predicted molar refractivity (Wildman–Crippen MR) is 122 cm³/mol. The number of carbonyl (C=O) groups is 1. The standard InChI is InChI=1S/C23H24F3N5O4/c1-31(21(32)23(24,25)26)22-29-18(17-7-8-28-20(17)30-22)6-5-15-12-16(14-27-13-15)33-10-11-35-19-4-2-3-9-34-19/h5-8,12-14,19H,2-4,9-11H2,1H3,(H,28,29,30). The van der Waals surface area contributed by atoms with Crippen molar-refractivity contribution in [1.29, 1.82) is 0 Å². The number of rotatable bonds is 8. The molecule has 12 heteroatoms. The van der Waals surface area contributed by atoms with E-state index in [0.717, 1.165) is 26.3 Å². The molecule has 0 aromatic carbocycles. The number of nitrogens with one attached hydrogen (secondary N) is 1. The molecule has 0 spiro atoms. The third kappa shape index (κ3) is 6.34. The van der Waals surface area contributed by atoms with Gasteiger partial charge in [-0.15, -0.1) is 0 Å². The predicted octanol–water partition coefficient (Wildman–Crippen LogP) is 3.97. The molecule has 4 heterocycles. The van der Waals surface area contributed by atoms with Crippen LogP contribution in [0.5, 0.6) is 5.75 Å². The van der Waals surface area contributed by atoms with Crippen molar-refractivity contribution in [3.63, 3.8) is 0 Å². The van der Waals surface area contributed by atoms with Crippen LogP contribution in [0.1, 0.15) is 30.5 Å². The Kier molecular flexibility index (Phi) is 7.61. The quantitative estimate of drug-likeness (QED) is 0.476. The van der Waals surface area contributed by atoms with Crippen molar-refractivity contribution in [2.45, 2.75) is 31.7 Å². The zero-order valence-electron chi connectivity index (χ0n) is 18.9. The molecule has 35 heavy (non-hydrogen) atoms. The van der Waals surface area contributed by atoms with E-state index >= 15 is 0 Å². The number of ether oxygens (including phenoxy) is 3. The van der Waals surface area contributed by atoms with Gasteiger partial charge in [-0.3, -0.25) is 14.7 Å². The molecule has 1 unspecified atom stereocenters. The minimum atomic E-state index is -5.04. The fraction of sp³-hybridized carbons (Fsp3) is 0.391. The van der Waals surface area contributed by atoms with Crippen LogP contribution in [0.2, 0.25) is 0 Å². The van der Waals surface area contributed by atoms with Crippen molar-refractivity contribution in [2.24, 2.45) is 0 Å². The number of carbonyl (C=O) groups excluding carboxylic acids is 1. The van der Waals surface area contributed by atoms with Crippen LogP contribution in [0.25, 0.3) is 23.2 Å². The van der Waals surface area contributed by atoms with E-state index in [4.69, 9.17) is 14.2 Å². The highest BCUT2D eigenvalue weighted by molar-refractivity contribution is 5.96. The van der Waals surface area contributed by atoms with E-state index in [-0.39, 0.29) is 12.2 Å². The Balaban J connectivity index is 1.44. The second-order valence-corrected chi connectivity index (χ2v) is 7.81. The molecule has 3 aromatic rings. The first kappa shape index (κ1) is 24.6. The minimum Gasteiger partial charge on any atom is -0.490 e. The van der Waals surface area contributed by atoms with Gasteiger partial charge in [0, 0.05) is 31.4 Å². The fourth-order valence-corrected chi connectivity index (χ4v) is 3.47. The molecule has 186 valence electrons. The highest BCUT2D eigenvalue weighted by Crippen LogP contribution is 2.24. The van der Waals surface area contributed by atoms with E-state index in [0.29, 0.717) is 52.8 Å². The van der Waals surface area contributed by atoms with Crippen molar-refractivity contribution in [3.05, 3.63) is 42.0 Å². The maximum atomic E-state index is 12.9. The minimum absolute atomic E-state index is 0.187. The van der Waals surface area contributed by atoms with Crippen LogP contribution in [-0.4, -0.2) is 65.2 Å². The molecule has 1 N–H and O–H groups in total. The molecule has 1 fully saturated rings. The van der Waals surface area contributed by atoms with Crippen LogP contribution in [0.3, 0.4) is 0 Å². The zero-order valence-corrected chi connectivity index (χ0v) is 18.9. The first-order valence-corrected chi connectivity index (χ1v) is 11.0. The van der Waals surface area contributed by atoms with Crippen molar-refractivity contribution in [2.75, 3.05) is 31.8 Å². The highest BCUT2D eigenvalue weighted by atomic mass is 19.4. The van der Waals surface area contributed by atoms with Crippen molar-refractivity contribution in [1.82, 2.24) is 19.9 Å². The lowest BCUT2D eigenvalue weighted by Gasteiger charge is -2.22. The van der Waals surface area contributed by atoms with Crippen molar-refractivity contribution in [3.8, 4) is 5.75 Å². The number of alkyl halides is 3. The molecular weight excluding hydrogens is 467 g/mol. The maximum absolute atomic E-state index is 12.9. The summed E-state index contributed by atoms with van der Waals surface area (Å²) in [6.45, 7) is 1.42. The number of anilines is 1. The van der Waals surface area contributed by atoms with Crippen LogP contribution in [-0.2, 0) is 14.3 Å². The SMILES string of the molecule is CN(C(=O)C(F)(F)F)c1nc(C=Cc2cncc(OCCOC3CCCCO3)c2)c2cc[nH]c2n1. The number of halogens is 3. The number of fused-ring (bicyclic) bond motifs is 1. The van der Waals surface area contributed by atoms with Crippen molar-refractivity contribution >= 4 is 35.0 Å². The zero-order chi connectivity index (χ0) is 24.8. The first-order valence-electron chi connectivity index (χ1n) is 11.0. The second kappa shape index (κ2) is 10.8. The van der Waals surface area contributed by atoms with Crippen LogP contribution < -0.4 is 9.64 Å². The van der Waals surface area contributed by atoms with Gasteiger partial charge in [-0.2, -0.15) is 18.2 Å². The molecule has 0 radical (unpaired) electrons. The summed E-state index contributed by atoms with van der Waals surface area (Å²) in [6.07, 6.45) is 5.84. The third-order valence-electron chi connectivity index (χ3n) is 5.24. The van der Waals surface area contributed by atoms with Gasteiger partial charge < -0.3 is 19.2 Å². The molecule has 1 amide bonds. The topological polar surface area (TPSA) is 102 Å². The number of aromatic nitrogens is 4. The van der Waals surface area contributed by atoms with E-state index in [1.54, 1.807) is 42.9 Å². The Morgan fingerprint density at radius 2 is 2.11 bits per heavy atom. The number of aromatic amines is 1. The molecule has 1 saturated heterocycles. The average Bonchev–Trinajstić information content (AvgIpc) is 3.33. The summed E-state index contributed by atoms with van der Waals surface area (Å²) in [4.78, 5) is 27.2. The molecule has 3 aromatic heterocycles. The average molecular weight is 491 g/mol. The van der Waals surface area contributed by atoms with E-state index in [1.165, 1.54) is 0 Å². The molecule has 1 aliphatic heterocycles. The number of pyridine rings is 1. The largest absolute Gasteiger partial charge is 0.490 e. The number of H-pyrrole nitrogens is 1. The van der Waals surface area contributed by atoms with E-state index in [2.05, 4.69) is 19.9 Å². The summed E-state index contributed by atoms with van der Waals surface area (Å²) >= 11 is 0. The molecule has 0 aliphatic carbocycles. The van der Waals surface area contributed by atoms with Gasteiger partial charge in [-0.25, -0.2) is 4.98 Å². The Morgan fingerprint density at radius 1 is 1.26 bits per heavy atom. The molecule has 9 nitrogen and oxygen atoms in total. The number of hydrogen-bond donors (Lipinski definition) is 1. The van der Waals surface area contributed by atoms with Crippen molar-refractivity contribution < 1.29 is 32.2 Å². The van der Waals surface area contributed by atoms with Gasteiger partial charge in [0.15, 0.2) is 6.29 Å².